The van der Waals surface area contributed by atoms with Crippen LogP contribution in [0.1, 0.15) is 35.0 Å². The Labute approximate surface area is 154 Å². The summed E-state index contributed by atoms with van der Waals surface area (Å²) in [5, 5.41) is 9.44. The fourth-order valence-corrected chi connectivity index (χ4v) is 2.98. The Morgan fingerprint density at radius 3 is 2.72 bits per heavy atom. The van der Waals surface area contributed by atoms with Gasteiger partial charge < -0.3 is 0 Å². The van der Waals surface area contributed by atoms with Crippen molar-refractivity contribution in [1.82, 2.24) is 9.38 Å². The maximum atomic E-state index is 12.6. The van der Waals surface area contributed by atoms with Crippen molar-refractivity contribution < 1.29 is 4.79 Å². The van der Waals surface area contributed by atoms with E-state index in [2.05, 4.69) is 27.8 Å². The van der Waals surface area contributed by atoms with Gasteiger partial charge in [0.2, 0.25) is 5.78 Å². The number of ketones is 1. The first kappa shape index (κ1) is 17.1. The summed E-state index contributed by atoms with van der Waals surface area (Å²) in [5.41, 5.74) is 3.23. The van der Waals surface area contributed by atoms with E-state index in [1.165, 1.54) is 5.56 Å². The minimum Gasteiger partial charge on any atom is -0.299 e. The Morgan fingerprint density at radius 1 is 1.28 bits per heavy atom. The number of halogens is 1. The summed E-state index contributed by atoms with van der Waals surface area (Å²) in [7, 11) is 0. The molecular weight excluding hydrogens is 378 g/mol. The number of imidazole rings is 1. The topological polar surface area (TPSA) is 58.2 Å². The molecule has 2 heterocycles. The van der Waals surface area contributed by atoms with Crippen LogP contribution in [-0.4, -0.2) is 15.2 Å². The molecule has 0 amide bonds. The number of rotatable bonds is 5. The molecule has 2 aromatic heterocycles. The lowest BCUT2D eigenvalue weighted by Crippen LogP contribution is -2.02. The van der Waals surface area contributed by atoms with E-state index in [0.29, 0.717) is 11.3 Å². The van der Waals surface area contributed by atoms with Crippen LogP contribution in [0.25, 0.3) is 11.7 Å². The van der Waals surface area contributed by atoms with Crippen LogP contribution < -0.4 is 0 Å². The number of hydrogen-bond acceptors (Lipinski definition) is 3. The van der Waals surface area contributed by atoms with Gasteiger partial charge in [0.05, 0.1) is 11.9 Å². The Morgan fingerprint density at radius 2 is 2.04 bits per heavy atom. The van der Waals surface area contributed by atoms with Crippen LogP contribution in [-0.2, 0) is 6.42 Å². The molecule has 124 valence electrons. The molecule has 1 aromatic carbocycles. The summed E-state index contributed by atoms with van der Waals surface area (Å²) in [6.45, 7) is 2.11. The summed E-state index contributed by atoms with van der Waals surface area (Å²) in [4.78, 5) is 16.9. The van der Waals surface area contributed by atoms with Gasteiger partial charge in [-0.1, -0.05) is 37.6 Å². The van der Waals surface area contributed by atoms with Crippen LogP contribution in [0.4, 0.5) is 0 Å². The van der Waals surface area contributed by atoms with Gasteiger partial charge in [-0.05, 0) is 46.1 Å². The normalized spacial score (nSPS) is 11.5. The minimum absolute atomic E-state index is 0.0880. The van der Waals surface area contributed by atoms with Gasteiger partial charge in [-0.2, -0.15) is 5.26 Å². The van der Waals surface area contributed by atoms with E-state index in [1.807, 2.05) is 40.9 Å². The number of allylic oxidation sites excluding steroid dienone is 1. The molecule has 0 fully saturated rings. The Balaban J connectivity index is 1.95. The quantitative estimate of drug-likeness (QED) is 0.354. The monoisotopic (exact) mass is 393 g/mol. The summed E-state index contributed by atoms with van der Waals surface area (Å²) in [6.07, 6.45) is 7.12. The molecule has 0 aliphatic rings. The number of pyridine rings is 1. The Bertz CT molecular complexity index is 994. The van der Waals surface area contributed by atoms with Gasteiger partial charge in [0.1, 0.15) is 17.3 Å². The number of Topliss-reactive ketones (excluding diaryl/α,β-unsaturated/α-hetero) is 1. The number of hydrogen-bond donors (Lipinski definition) is 0. The third kappa shape index (κ3) is 3.70. The van der Waals surface area contributed by atoms with Crippen molar-refractivity contribution >= 4 is 33.4 Å². The van der Waals surface area contributed by atoms with E-state index in [4.69, 9.17) is 0 Å². The summed E-state index contributed by atoms with van der Waals surface area (Å²) in [5.74, 6) is -0.282. The van der Waals surface area contributed by atoms with E-state index in [9.17, 15) is 10.1 Å². The number of nitriles is 1. The summed E-state index contributed by atoms with van der Waals surface area (Å²) < 4.78 is 2.72. The zero-order valence-corrected chi connectivity index (χ0v) is 15.3. The molecule has 0 bridgehead atoms. The molecule has 3 aromatic rings. The van der Waals surface area contributed by atoms with E-state index >= 15 is 0 Å². The first-order valence-corrected chi connectivity index (χ1v) is 8.79. The largest absolute Gasteiger partial charge is 0.299 e. The van der Waals surface area contributed by atoms with Gasteiger partial charge in [0, 0.05) is 16.2 Å². The standard InChI is InChI=1S/C20H16BrN3O/c1-2-3-14-4-6-15(7-5-14)20(25)16(11-22)10-18-12-23-19-9-8-17(21)13-24(18)19/h4-10,12-13H,2-3H2,1H3. The zero-order chi connectivity index (χ0) is 17.8. The summed E-state index contributed by atoms with van der Waals surface area (Å²) in [6, 6.07) is 13.2. The maximum Gasteiger partial charge on any atom is 0.203 e. The van der Waals surface area contributed by atoms with Gasteiger partial charge in [-0.3, -0.25) is 9.20 Å². The molecule has 25 heavy (non-hydrogen) atoms. The van der Waals surface area contributed by atoms with Crippen molar-refractivity contribution in [1.29, 1.82) is 5.26 Å². The molecule has 0 saturated carbocycles. The zero-order valence-electron chi connectivity index (χ0n) is 13.7. The molecule has 0 unspecified atom stereocenters. The Hall–Kier alpha value is -2.71. The van der Waals surface area contributed by atoms with Gasteiger partial charge >= 0.3 is 0 Å². The fourth-order valence-electron chi connectivity index (χ4n) is 2.64. The highest BCUT2D eigenvalue weighted by Gasteiger charge is 2.13. The van der Waals surface area contributed by atoms with Crippen molar-refractivity contribution in [2.24, 2.45) is 0 Å². The van der Waals surface area contributed by atoms with Crippen molar-refractivity contribution in [2.45, 2.75) is 19.8 Å². The van der Waals surface area contributed by atoms with Crippen LogP contribution in [0, 0.1) is 11.3 Å². The maximum absolute atomic E-state index is 12.6. The summed E-state index contributed by atoms with van der Waals surface area (Å²) >= 11 is 3.42. The highest BCUT2D eigenvalue weighted by Crippen LogP contribution is 2.18. The van der Waals surface area contributed by atoms with Crippen LogP contribution in [0.3, 0.4) is 0 Å². The molecule has 0 radical (unpaired) electrons. The lowest BCUT2D eigenvalue weighted by molar-refractivity contribution is 0.104. The van der Waals surface area contributed by atoms with Crippen LogP contribution in [0.5, 0.6) is 0 Å². The molecule has 3 rings (SSSR count). The van der Waals surface area contributed by atoms with E-state index in [1.54, 1.807) is 24.4 Å². The number of carbonyl (C=O) groups is 1. The van der Waals surface area contributed by atoms with Crippen molar-refractivity contribution in [3.8, 4) is 6.07 Å². The first-order chi connectivity index (χ1) is 12.1. The van der Waals surface area contributed by atoms with E-state index < -0.39 is 0 Å². The van der Waals surface area contributed by atoms with Crippen LogP contribution in [0.15, 0.2) is 58.8 Å². The highest BCUT2D eigenvalue weighted by atomic mass is 79.9. The predicted molar refractivity (Wildman–Crippen MR) is 101 cm³/mol. The van der Waals surface area contributed by atoms with Gasteiger partial charge in [-0.15, -0.1) is 0 Å². The van der Waals surface area contributed by atoms with Gasteiger partial charge in [-0.25, -0.2) is 4.98 Å². The number of fused-ring (bicyclic) bond motifs is 1. The van der Waals surface area contributed by atoms with Gasteiger partial charge in [0.15, 0.2) is 0 Å². The van der Waals surface area contributed by atoms with E-state index in [-0.39, 0.29) is 11.4 Å². The smallest absolute Gasteiger partial charge is 0.203 e. The lowest BCUT2D eigenvalue weighted by Gasteiger charge is -2.03. The average molecular weight is 394 g/mol. The third-order valence-corrected chi connectivity index (χ3v) is 4.38. The number of nitrogens with zero attached hydrogens (tertiary/aromatic N) is 3. The number of carbonyl (C=O) groups excluding carboxylic acids is 1. The molecule has 0 spiro atoms. The molecule has 0 atom stereocenters. The van der Waals surface area contributed by atoms with Crippen LogP contribution >= 0.6 is 15.9 Å². The number of aromatic nitrogens is 2. The fraction of sp³-hybridized carbons (Fsp3) is 0.150. The molecule has 0 aliphatic carbocycles. The lowest BCUT2D eigenvalue weighted by atomic mass is 10.0. The number of aryl methyl sites for hydroxylation is 1. The van der Waals surface area contributed by atoms with Crippen LogP contribution in [0.2, 0.25) is 0 Å². The molecule has 0 N–H and O–H groups in total. The van der Waals surface area contributed by atoms with E-state index in [0.717, 1.165) is 23.0 Å². The van der Waals surface area contributed by atoms with Crippen molar-refractivity contribution in [3.05, 3.63) is 75.7 Å². The average Bonchev–Trinajstić information content (AvgIpc) is 3.02. The molecule has 0 saturated heterocycles. The Kier molecular flexibility index (Phi) is 5.11. The highest BCUT2D eigenvalue weighted by molar-refractivity contribution is 9.10. The molecule has 5 heteroatoms. The van der Waals surface area contributed by atoms with Gasteiger partial charge in [0.25, 0.3) is 0 Å². The predicted octanol–water partition coefficient (Wildman–Crippen LogP) is 4.84. The molecule has 4 nitrogen and oxygen atoms in total. The van der Waals surface area contributed by atoms with Crippen molar-refractivity contribution in [3.63, 3.8) is 0 Å². The third-order valence-electron chi connectivity index (χ3n) is 3.91. The SMILES string of the molecule is CCCc1ccc(C(=O)C(C#N)=Cc2cnc3ccc(Br)cn23)cc1. The first-order valence-electron chi connectivity index (χ1n) is 8.00. The minimum atomic E-state index is -0.282. The molecule has 0 aliphatic heterocycles. The second-order valence-electron chi connectivity index (χ2n) is 5.70. The molecular formula is C20H16BrN3O. The second-order valence-corrected chi connectivity index (χ2v) is 6.62. The van der Waals surface area contributed by atoms with Crippen molar-refractivity contribution in [2.75, 3.05) is 0 Å². The second kappa shape index (κ2) is 7.45. The number of benzene rings is 1.